The summed E-state index contributed by atoms with van der Waals surface area (Å²) in [5.74, 6) is 1.11. The van der Waals surface area contributed by atoms with Gasteiger partial charge in [-0.2, -0.15) is 0 Å². The molecule has 0 saturated carbocycles. The van der Waals surface area contributed by atoms with Crippen LogP contribution in [-0.2, 0) is 13.0 Å². The van der Waals surface area contributed by atoms with Gasteiger partial charge in [0.05, 0.1) is 0 Å². The molecule has 0 amide bonds. The molecule has 3 heteroatoms. The minimum absolute atomic E-state index is 0.686. The zero-order chi connectivity index (χ0) is 13.4. The zero-order valence-electron chi connectivity index (χ0n) is 11.6. The van der Waals surface area contributed by atoms with Crippen molar-refractivity contribution in [3.8, 4) is 0 Å². The summed E-state index contributed by atoms with van der Waals surface area (Å²) in [5, 5.41) is 0. The van der Waals surface area contributed by atoms with Crippen molar-refractivity contribution in [2.75, 3.05) is 24.5 Å². The van der Waals surface area contributed by atoms with Gasteiger partial charge in [0.15, 0.2) is 0 Å². The van der Waals surface area contributed by atoms with Crippen LogP contribution in [0.25, 0.3) is 0 Å². The predicted octanol–water partition coefficient (Wildman–Crippen LogP) is 2.33. The van der Waals surface area contributed by atoms with Crippen LogP contribution >= 0.6 is 0 Å². The molecule has 1 aromatic heterocycles. The smallest absolute Gasteiger partial charge is 0.128 e. The molecule has 0 N–H and O–H groups in total. The summed E-state index contributed by atoms with van der Waals surface area (Å²) in [6.45, 7) is 4.52. The lowest BCUT2D eigenvalue weighted by Crippen LogP contribution is -2.60. The highest BCUT2D eigenvalue weighted by molar-refractivity contribution is 5.42. The van der Waals surface area contributed by atoms with Crippen LogP contribution < -0.4 is 4.90 Å². The van der Waals surface area contributed by atoms with Crippen molar-refractivity contribution in [2.24, 2.45) is 0 Å². The largest absolute Gasteiger partial charge is 0.353 e. The standard InChI is InChI=1S/C17H19N3/c1-2-6-15-11-19(10-8-14(15)5-1)16-12-20(13-16)17-7-3-4-9-18-17/h1-7,9,16H,8,10-13H2. The van der Waals surface area contributed by atoms with E-state index in [0.29, 0.717) is 6.04 Å². The first kappa shape index (κ1) is 11.9. The second kappa shape index (κ2) is 4.91. The molecule has 20 heavy (non-hydrogen) atoms. The van der Waals surface area contributed by atoms with E-state index < -0.39 is 0 Å². The Morgan fingerprint density at radius 1 is 0.950 bits per heavy atom. The van der Waals surface area contributed by atoms with Crippen LogP contribution in [0, 0.1) is 0 Å². The van der Waals surface area contributed by atoms with Gasteiger partial charge in [-0.15, -0.1) is 0 Å². The van der Waals surface area contributed by atoms with Crippen LogP contribution in [0.2, 0.25) is 0 Å². The molecule has 1 aromatic carbocycles. The van der Waals surface area contributed by atoms with Crippen molar-refractivity contribution in [1.82, 2.24) is 9.88 Å². The highest BCUT2D eigenvalue weighted by atomic mass is 15.3. The molecule has 1 fully saturated rings. The summed E-state index contributed by atoms with van der Waals surface area (Å²) in [6, 6.07) is 15.7. The summed E-state index contributed by atoms with van der Waals surface area (Å²) in [4.78, 5) is 9.42. The number of fused-ring (bicyclic) bond motifs is 1. The van der Waals surface area contributed by atoms with Crippen LogP contribution in [-0.4, -0.2) is 35.6 Å². The van der Waals surface area contributed by atoms with Gasteiger partial charge in [0.25, 0.3) is 0 Å². The van der Waals surface area contributed by atoms with E-state index in [9.17, 15) is 0 Å². The number of aromatic nitrogens is 1. The molecule has 2 aliphatic heterocycles. The number of hydrogen-bond acceptors (Lipinski definition) is 3. The molecule has 0 atom stereocenters. The number of anilines is 1. The van der Waals surface area contributed by atoms with E-state index in [1.54, 1.807) is 0 Å². The van der Waals surface area contributed by atoms with Crippen molar-refractivity contribution >= 4 is 5.82 Å². The van der Waals surface area contributed by atoms with E-state index in [1.807, 2.05) is 12.3 Å². The van der Waals surface area contributed by atoms with Gasteiger partial charge in [-0.3, -0.25) is 4.90 Å². The molecular weight excluding hydrogens is 246 g/mol. The van der Waals surface area contributed by atoms with Crippen molar-refractivity contribution in [2.45, 2.75) is 19.0 Å². The third kappa shape index (κ3) is 2.08. The van der Waals surface area contributed by atoms with Gasteiger partial charge in [-0.25, -0.2) is 4.98 Å². The van der Waals surface area contributed by atoms with Gasteiger partial charge < -0.3 is 4.90 Å². The van der Waals surface area contributed by atoms with Gasteiger partial charge in [-0.1, -0.05) is 30.3 Å². The molecule has 0 radical (unpaired) electrons. The topological polar surface area (TPSA) is 19.4 Å². The van der Waals surface area contributed by atoms with Crippen LogP contribution in [0.1, 0.15) is 11.1 Å². The number of rotatable bonds is 2. The summed E-state index contributed by atoms with van der Waals surface area (Å²) in [5.41, 5.74) is 3.04. The fourth-order valence-corrected chi connectivity index (χ4v) is 3.24. The Bertz CT molecular complexity index is 590. The van der Waals surface area contributed by atoms with E-state index in [4.69, 9.17) is 0 Å². The van der Waals surface area contributed by atoms with E-state index in [2.05, 4.69) is 51.2 Å². The number of pyridine rings is 1. The van der Waals surface area contributed by atoms with Crippen molar-refractivity contribution < 1.29 is 0 Å². The molecule has 3 nitrogen and oxygen atoms in total. The molecule has 0 unspecified atom stereocenters. The normalized spacial score (nSPS) is 19.5. The van der Waals surface area contributed by atoms with E-state index >= 15 is 0 Å². The molecule has 3 heterocycles. The predicted molar refractivity (Wildman–Crippen MR) is 80.8 cm³/mol. The van der Waals surface area contributed by atoms with Gasteiger partial charge in [0.2, 0.25) is 0 Å². The van der Waals surface area contributed by atoms with E-state index in [-0.39, 0.29) is 0 Å². The van der Waals surface area contributed by atoms with Crippen LogP contribution in [0.3, 0.4) is 0 Å². The zero-order valence-corrected chi connectivity index (χ0v) is 11.6. The first-order chi connectivity index (χ1) is 9.90. The fraction of sp³-hybridized carbons (Fsp3) is 0.353. The Labute approximate surface area is 119 Å². The number of benzene rings is 1. The molecule has 2 aromatic rings. The fourth-order valence-electron chi connectivity index (χ4n) is 3.24. The lowest BCUT2D eigenvalue weighted by Gasteiger charge is -2.47. The van der Waals surface area contributed by atoms with E-state index in [0.717, 1.165) is 25.5 Å². The van der Waals surface area contributed by atoms with Gasteiger partial charge in [0, 0.05) is 38.4 Å². The molecule has 4 rings (SSSR count). The minimum Gasteiger partial charge on any atom is -0.353 e. The Hall–Kier alpha value is -1.87. The summed E-state index contributed by atoms with van der Waals surface area (Å²) in [6.07, 6.45) is 3.07. The monoisotopic (exact) mass is 265 g/mol. The Kier molecular flexibility index (Phi) is 2.92. The molecule has 2 aliphatic rings. The third-order valence-corrected chi connectivity index (χ3v) is 4.51. The first-order valence-electron chi connectivity index (χ1n) is 7.37. The molecular formula is C17H19N3. The minimum atomic E-state index is 0.686. The molecule has 0 spiro atoms. The van der Waals surface area contributed by atoms with Crippen LogP contribution in [0.5, 0.6) is 0 Å². The SMILES string of the molecule is c1ccc(N2CC(N3CCc4ccccc4C3)C2)nc1. The highest BCUT2D eigenvalue weighted by Crippen LogP contribution is 2.26. The maximum absolute atomic E-state index is 4.42. The second-order valence-electron chi connectivity index (χ2n) is 5.74. The van der Waals surface area contributed by atoms with Crippen molar-refractivity contribution in [3.63, 3.8) is 0 Å². The van der Waals surface area contributed by atoms with Crippen molar-refractivity contribution in [3.05, 3.63) is 59.8 Å². The van der Waals surface area contributed by atoms with Gasteiger partial charge >= 0.3 is 0 Å². The lowest BCUT2D eigenvalue weighted by molar-refractivity contribution is 0.150. The summed E-state index contributed by atoms with van der Waals surface area (Å²) >= 11 is 0. The lowest BCUT2D eigenvalue weighted by atomic mass is 9.96. The van der Waals surface area contributed by atoms with Crippen molar-refractivity contribution in [1.29, 1.82) is 0 Å². The molecule has 1 saturated heterocycles. The average molecular weight is 265 g/mol. The quantitative estimate of drug-likeness (QED) is 0.831. The third-order valence-electron chi connectivity index (χ3n) is 4.51. The molecule has 102 valence electrons. The Morgan fingerprint density at radius 2 is 1.75 bits per heavy atom. The Balaban J connectivity index is 1.40. The summed E-state index contributed by atoms with van der Waals surface area (Å²) in [7, 11) is 0. The van der Waals surface area contributed by atoms with Crippen LogP contribution in [0.15, 0.2) is 48.7 Å². The average Bonchev–Trinajstić information content (AvgIpc) is 2.47. The number of hydrogen-bond donors (Lipinski definition) is 0. The first-order valence-corrected chi connectivity index (χ1v) is 7.37. The molecule has 0 aliphatic carbocycles. The van der Waals surface area contributed by atoms with Crippen LogP contribution in [0.4, 0.5) is 5.82 Å². The number of nitrogens with zero attached hydrogens (tertiary/aromatic N) is 3. The highest BCUT2D eigenvalue weighted by Gasteiger charge is 2.33. The maximum atomic E-state index is 4.42. The second-order valence-corrected chi connectivity index (χ2v) is 5.74. The Morgan fingerprint density at radius 3 is 2.55 bits per heavy atom. The molecule has 0 bridgehead atoms. The van der Waals surface area contributed by atoms with Gasteiger partial charge in [0.1, 0.15) is 5.82 Å². The summed E-state index contributed by atoms with van der Waals surface area (Å²) < 4.78 is 0. The maximum Gasteiger partial charge on any atom is 0.128 e. The van der Waals surface area contributed by atoms with E-state index in [1.165, 1.54) is 24.1 Å². The van der Waals surface area contributed by atoms with Gasteiger partial charge in [-0.05, 0) is 29.7 Å².